The summed E-state index contributed by atoms with van der Waals surface area (Å²) < 4.78 is 5.22. The number of phenols is 1. The van der Waals surface area contributed by atoms with Crippen molar-refractivity contribution in [1.82, 2.24) is 0 Å². The number of anilines is 2. The highest BCUT2D eigenvalue weighted by atomic mass is 16.5. The first-order valence-electron chi connectivity index (χ1n) is 8.30. The lowest BCUT2D eigenvalue weighted by Crippen LogP contribution is -2.34. The summed E-state index contributed by atoms with van der Waals surface area (Å²) in [6.45, 7) is 0. The first-order valence-corrected chi connectivity index (χ1v) is 8.30. The minimum atomic E-state index is -0.394. The number of nitrogens with one attached hydrogen (secondary N) is 1. The quantitative estimate of drug-likeness (QED) is 0.747. The van der Waals surface area contributed by atoms with Gasteiger partial charge in [0.2, 0.25) is 0 Å². The molecule has 5 nitrogen and oxygen atoms in total. The van der Waals surface area contributed by atoms with Gasteiger partial charge in [-0.2, -0.15) is 0 Å². The molecule has 0 saturated carbocycles. The predicted molar refractivity (Wildman–Crippen MR) is 101 cm³/mol. The Labute approximate surface area is 151 Å². The van der Waals surface area contributed by atoms with E-state index in [1.807, 2.05) is 42.5 Å². The number of aromatic hydroxyl groups is 1. The number of nitrogens with zero attached hydrogens (tertiary/aromatic N) is 1. The number of hydrogen-bond donors (Lipinski definition) is 2. The summed E-state index contributed by atoms with van der Waals surface area (Å²) >= 11 is 0. The Hall–Kier alpha value is -3.47. The zero-order valence-corrected chi connectivity index (χ0v) is 14.2. The Morgan fingerprint density at radius 1 is 1.04 bits per heavy atom. The second-order valence-electron chi connectivity index (χ2n) is 6.04. The van der Waals surface area contributed by atoms with Gasteiger partial charge in [0.05, 0.1) is 18.5 Å². The second-order valence-corrected chi connectivity index (χ2v) is 6.04. The molecule has 5 heteroatoms. The number of amides is 1. The van der Waals surface area contributed by atoms with Crippen LogP contribution in [0.5, 0.6) is 11.5 Å². The van der Waals surface area contributed by atoms with Crippen molar-refractivity contribution in [1.29, 1.82) is 0 Å². The van der Waals surface area contributed by atoms with Crippen molar-refractivity contribution >= 4 is 17.3 Å². The van der Waals surface area contributed by atoms with E-state index >= 15 is 0 Å². The average molecular weight is 346 g/mol. The van der Waals surface area contributed by atoms with E-state index in [2.05, 4.69) is 5.32 Å². The Morgan fingerprint density at radius 2 is 1.77 bits per heavy atom. The van der Waals surface area contributed by atoms with Gasteiger partial charge in [0.1, 0.15) is 6.17 Å². The fourth-order valence-corrected chi connectivity index (χ4v) is 3.20. The number of para-hydroxylation sites is 2. The van der Waals surface area contributed by atoms with Gasteiger partial charge in [-0.3, -0.25) is 9.69 Å². The average Bonchev–Trinajstić information content (AvgIpc) is 3.08. The largest absolute Gasteiger partial charge is 0.504 e. The number of carbonyl (C=O) groups is 1. The highest BCUT2D eigenvalue weighted by Crippen LogP contribution is 2.43. The number of methoxy groups -OCH3 is 1. The first-order chi connectivity index (χ1) is 12.7. The van der Waals surface area contributed by atoms with Crippen molar-refractivity contribution in [2.45, 2.75) is 6.17 Å². The van der Waals surface area contributed by atoms with Crippen LogP contribution in [0.2, 0.25) is 0 Å². The summed E-state index contributed by atoms with van der Waals surface area (Å²) in [7, 11) is 1.50. The molecule has 26 heavy (non-hydrogen) atoms. The van der Waals surface area contributed by atoms with Crippen molar-refractivity contribution in [3.05, 3.63) is 83.9 Å². The van der Waals surface area contributed by atoms with Crippen molar-refractivity contribution in [3.8, 4) is 11.5 Å². The highest BCUT2D eigenvalue weighted by molar-refractivity contribution is 6.10. The lowest BCUT2D eigenvalue weighted by atomic mass is 10.1. The summed E-state index contributed by atoms with van der Waals surface area (Å²) in [5, 5.41) is 13.3. The van der Waals surface area contributed by atoms with E-state index in [1.54, 1.807) is 35.2 Å². The zero-order chi connectivity index (χ0) is 18.1. The summed E-state index contributed by atoms with van der Waals surface area (Å²) in [6.07, 6.45) is -0.394. The summed E-state index contributed by atoms with van der Waals surface area (Å²) in [4.78, 5) is 15.0. The van der Waals surface area contributed by atoms with Crippen molar-refractivity contribution in [2.75, 3.05) is 17.3 Å². The molecule has 4 rings (SSSR count). The molecule has 0 spiro atoms. The lowest BCUT2D eigenvalue weighted by Gasteiger charge is -2.26. The van der Waals surface area contributed by atoms with Crippen LogP contribution in [0, 0.1) is 0 Å². The van der Waals surface area contributed by atoms with Gasteiger partial charge in [-0.1, -0.05) is 36.4 Å². The fraction of sp³-hybridized carbons (Fsp3) is 0.0952. The molecular formula is C21H18N2O3. The van der Waals surface area contributed by atoms with E-state index in [0.29, 0.717) is 11.3 Å². The van der Waals surface area contributed by atoms with E-state index in [-0.39, 0.29) is 11.7 Å². The molecule has 1 aliphatic rings. The summed E-state index contributed by atoms with van der Waals surface area (Å²) in [6, 6.07) is 22.0. The number of rotatable bonds is 3. The van der Waals surface area contributed by atoms with Gasteiger partial charge in [-0.25, -0.2) is 0 Å². The molecular weight excluding hydrogens is 328 g/mol. The molecule has 1 amide bonds. The molecule has 1 aliphatic heterocycles. The van der Waals surface area contributed by atoms with Gasteiger partial charge in [-0.15, -0.1) is 0 Å². The van der Waals surface area contributed by atoms with Gasteiger partial charge in [0.15, 0.2) is 11.5 Å². The maximum absolute atomic E-state index is 13.2. The van der Waals surface area contributed by atoms with Crippen LogP contribution in [0.25, 0.3) is 0 Å². The minimum Gasteiger partial charge on any atom is -0.504 e. The van der Waals surface area contributed by atoms with E-state index in [4.69, 9.17) is 4.74 Å². The second kappa shape index (κ2) is 6.44. The zero-order valence-electron chi connectivity index (χ0n) is 14.2. The van der Waals surface area contributed by atoms with Crippen LogP contribution in [0.3, 0.4) is 0 Å². The third-order valence-electron chi connectivity index (χ3n) is 4.47. The topological polar surface area (TPSA) is 61.8 Å². The Kier molecular flexibility index (Phi) is 3.97. The standard InChI is InChI=1S/C21H18N2O3/c1-26-19-13-15(11-12-18(19)24)20-22-16-9-5-6-10-17(16)23(20)21(25)14-7-3-2-4-8-14/h2-13,20,22,24H,1H3. The van der Waals surface area contributed by atoms with Gasteiger partial charge in [0, 0.05) is 5.56 Å². The summed E-state index contributed by atoms with van der Waals surface area (Å²) in [5.41, 5.74) is 3.13. The Morgan fingerprint density at radius 3 is 2.54 bits per heavy atom. The van der Waals surface area contributed by atoms with Crippen molar-refractivity contribution < 1.29 is 14.6 Å². The lowest BCUT2D eigenvalue weighted by molar-refractivity contribution is 0.0981. The third kappa shape index (κ3) is 2.63. The van der Waals surface area contributed by atoms with Gasteiger partial charge < -0.3 is 15.2 Å². The van der Waals surface area contributed by atoms with Crippen LogP contribution in [-0.4, -0.2) is 18.1 Å². The SMILES string of the molecule is COc1cc(C2Nc3ccccc3N2C(=O)c2ccccc2)ccc1O. The molecule has 0 fully saturated rings. The van der Waals surface area contributed by atoms with Crippen LogP contribution in [0.4, 0.5) is 11.4 Å². The molecule has 0 bridgehead atoms. The minimum absolute atomic E-state index is 0.0627. The molecule has 0 aromatic heterocycles. The molecule has 1 heterocycles. The van der Waals surface area contributed by atoms with Gasteiger partial charge in [0.25, 0.3) is 5.91 Å². The van der Waals surface area contributed by atoms with E-state index < -0.39 is 6.17 Å². The maximum Gasteiger partial charge on any atom is 0.260 e. The molecule has 1 atom stereocenters. The van der Waals surface area contributed by atoms with Gasteiger partial charge >= 0.3 is 0 Å². The molecule has 3 aromatic carbocycles. The van der Waals surface area contributed by atoms with Crippen LogP contribution in [0.15, 0.2) is 72.8 Å². The number of benzene rings is 3. The molecule has 0 radical (unpaired) electrons. The number of fused-ring (bicyclic) bond motifs is 1. The third-order valence-corrected chi connectivity index (χ3v) is 4.47. The van der Waals surface area contributed by atoms with E-state index in [1.165, 1.54) is 7.11 Å². The van der Waals surface area contributed by atoms with Crippen molar-refractivity contribution in [2.24, 2.45) is 0 Å². The monoisotopic (exact) mass is 346 g/mol. The predicted octanol–water partition coefficient (Wildman–Crippen LogP) is 4.17. The van der Waals surface area contributed by atoms with Crippen LogP contribution in [0.1, 0.15) is 22.1 Å². The Balaban J connectivity index is 1.80. The van der Waals surface area contributed by atoms with Crippen LogP contribution in [-0.2, 0) is 0 Å². The van der Waals surface area contributed by atoms with Crippen LogP contribution >= 0.6 is 0 Å². The molecule has 2 N–H and O–H groups in total. The molecule has 1 unspecified atom stereocenters. The Bertz CT molecular complexity index is 956. The number of carbonyl (C=O) groups excluding carboxylic acids is 1. The maximum atomic E-state index is 13.2. The molecule has 0 saturated heterocycles. The number of phenolic OH excluding ortho intramolecular Hbond substituents is 1. The molecule has 3 aromatic rings. The number of hydrogen-bond acceptors (Lipinski definition) is 4. The highest BCUT2D eigenvalue weighted by Gasteiger charge is 2.35. The fourth-order valence-electron chi connectivity index (χ4n) is 3.20. The van der Waals surface area contributed by atoms with E-state index in [9.17, 15) is 9.90 Å². The summed E-state index contributed by atoms with van der Waals surface area (Å²) in [5.74, 6) is 0.333. The molecule has 0 aliphatic carbocycles. The van der Waals surface area contributed by atoms with Gasteiger partial charge in [-0.05, 0) is 42.0 Å². The van der Waals surface area contributed by atoms with E-state index in [0.717, 1.165) is 16.9 Å². The van der Waals surface area contributed by atoms with Crippen molar-refractivity contribution in [3.63, 3.8) is 0 Å². The smallest absolute Gasteiger partial charge is 0.260 e. The normalized spacial score (nSPS) is 15.3. The van der Waals surface area contributed by atoms with Crippen LogP contribution < -0.4 is 15.0 Å². The first kappa shape index (κ1) is 16.0. The number of ether oxygens (including phenoxy) is 1. The molecule has 130 valence electrons.